The fraction of sp³-hybridized carbons (Fsp3) is 0.533. The van der Waals surface area contributed by atoms with Gasteiger partial charge in [-0.1, -0.05) is 37.3 Å². The Morgan fingerprint density at radius 3 is 2.44 bits per heavy atom. The van der Waals surface area contributed by atoms with Crippen LogP contribution in [0.4, 0.5) is 0 Å². The van der Waals surface area contributed by atoms with Crippen LogP contribution in [0.1, 0.15) is 25.8 Å². The maximum Gasteiger partial charge on any atom is 0.226 e. The van der Waals surface area contributed by atoms with Crippen LogP contribution in [0.25, 0.3) is 0 Å². The van der Waals surface area contributed by atoms with E-state index in [4.69, 9.17) is 5.73 Å². The number of nitrogens with zero attached hydrogens (tertiary/aromatic N) is 1. The van der Waals surface area contributed by atoms with Crippen LogP contribution in [0, 0.1) is 5.92 Å². The van der Waals surface area contributed by atoms with Gasteiger partial charge in [-0.15, -0.1) is 0 Å². The lowest BCUT2D eigenvalue weighted by Gasteiger charge is -2.23. The van der Waals surface area contributed by atoms with Crippen LogP contribution in [0.3, 0.4) is 0 Å². The number of rotatable bonds is 6. The van der Waals surface area contributed by atoms with Crippen LogP contribution in [-0.2, 0) is 11.2 Å². The number of carbonyl (C=O) groups is 1. The smallest absolute Gasteiger partial charge is 0.226 e. The summed E-state index contributed by atoms with van der Waals surface area (Å²) in [6.07, 6.45) is 1.99. The highest BCUT2D eigenvalue weighted by Gasteiger charge is 2.20. The highest BCUT2D eigenvalue weighted by Crippen LogP contribution is 2.07. The normalized spacial score (nSPS) is 14.0. The van der Waals surface area contributed by atoms with E-state index >= 15 is 0 Å². The Morgan fingerprint density at radius 1 is 1.28 bits per heavy atom. The van der Waals surface area contributed by atoms with E-state index < -0.39 is 0 Å². The maximum atomic E-state index is 12.0. The molecule has 0 saturated heterocycles. The van der Waals surface area contributed by atoms with Crippen LogP contribution in [0.15, 0.2) is 30.3 Å². The van der Waals surface area contributed by atoms with Gasteiger partial charge in [0.05, 0.1) is 5.92 Å². The van der Waals surface area contributed by atoms with Gasteiger partial charge in [-0.2, -0.15) is 0 Å². The van der Waals surface area contributed by atoms with E-state index in [0.717, 1.165) is 19.4 Å². The summed E-state index contributed by atoms with van der Waals surface area (Å²) < 4.78 is 0. The topological polar surface area (TPSA) is 46.3 Å². The lowest BCUT2D eigenvalue weighted by atomic mass is 10.0. The lowest BCUT2D eigenvalue weighted by Crippen LogP contribution is -2.40. The van der Waals surface area contributed by atoms with Crippen LogP contribution < -0.4 is 5.73 Å². The number of aryl methyl sites for hydroxylation is 1. The summed E-state index contributed by atoms with van der Waals surface area (Å²) in [5.41, 5.74) is 7.06. The standard InChI is InChI=1S/C15H24N2O/c1-12(13(2)16)15(18)17(3)11-7-10-14-8-5-4-6-9-14/h4-6,8-9,12-13H,7,10-11,16H2,1-3H3. The van der Waals surface area contributed by atoms with Crippen LogP contribution >= 0.6 is 0 Å². The SMILES string of the molecule is CC(N)C(C)C(=O)N(C)CCCc1ccccc1. The molecule has 18 heavy (non-hydrogen) atoms. The Hall–Kier alpha value is -1.35. The van der Waals surface area contributed by atoms with Crippen molar-refractivity contribution in [1.29, 1.82) is 0 Å². The molecule has 0 saturated carbocycles. The van der Waals surface area contributed by atoms with Gasteiger partial charge in [-0.05, 0) is 25.3 Å². The summed E-state index contributed by atoms with van der Waals surface area (Å²) in [6, 6.07) is 10.3. The third-order valence-corrected chi connectivity index (χ3v) is 3.36. The van der Waals surface area contributed by atoms with Crippen molar-refractivity contribution >= 4 is 5.91 Å². The summed E-state index contributed by atoms with van der Waals surface area (Å²) in [7, 11) is 1.85. The fourth-order valence-electron chi connectivity index (χ4n) is 1.85. The van der Waals surface area contributed by atoms with Gasteiger partial charge in [0.15, 0.2) is 0 Å². The average molecular weight is 248 g/mol. The Labute approximate surface area is 110 Å². The van der Waals surface area contributed by atoms with Crippen molar-refractivity contribution in [2.24, 2.45) is 11.7 Å². The third-order valence-electron chi connectivity index (χ3n) is 3.36. The van der Waals surface area contributed by atoms with E-state index in [1.54, 1.807) is 4.90 Å². The summed E-state index contributed by atoms with van der Waals surface area (Å²) in [5, 5.41) is 0. The van der Waals surface area contributed by atoms with E-state index in [-0.39, 0.29) is 17.9 Å². The zero-order chi connectivity index (χ0) is 13.5. The van der Waals surface area contributed by atoms with Gasteiger partial charge in [0, 0.05) is 19.6 Å². The molecule has 2 atom stereocenters. The molecule has 0 bridgehead atoms. The van der Waals surface area contributed by atoms with Crippen LogP contribution in [-0.4, -0.2) is 30.4 Å². The minimum absolute atomic E-state index is 0.0888. The van der Waals surface area contributed by atoms with E-state index in [2.05, 4.69) is 12.1 Å². The summed E-state index contributed by atoms with van der Waals surface area (Å²) in [4.78, 5) is 13.8. The van der Waals surface area contributed by atoms with E-state index in [1.165, 1.54) is 5.56 Å². The largest absolute Gasteiger partial charge is 0.345 e. The molecule has 0 spiro atoms. The predicted octanol–water partition coefficient (Wildman–Crippen LogP) is 2.06. The quantitative estimate of drug-likeness (QED) is 0.837. The van der Waals surface area contributed by atoms with E-state index in [1.807, 2.05) is 39.1 Å². The maximum absolute atomic E-state index is 12.0. The highest BCUT2D eigenvalue weighted by molar-refractivity contribution is 5.78. The molecule has 2 unspecified atom stereocenters. The van der Waals surface area contributed by atoms with Crippen molar-refractivity contribution in [3.63, 3.8) is 0 Å². The molecule has 0 fully saturated rings. The summed E-state index contributed by atoms with van der Waals surface area (Å²) in [5.74, 6) is 0.0322. The lowest BCUT2D eigenvalue weighted by molar-refractivity contribution is -0.134. The first kappa shape index (κ1) is 14.7. The van der Waals surface area contributed by atoms with Crippen molar-refractivity contribution in [3.8, 4) is 0 Å². The van der Waals surface area contributed by atoms with Gasteiger partial charge < -0.3 is 10.6 Å². The van der Waals surface area contributed by atoms with Gasteiger partial charge in [0.2, 0.25) is 5.91 Å². The molecule has 2 N–H and O–H groups in total. The summed E-state index contributed by atoms with van der Waals surface area (Å²) in [6.45, 7) is 4.55. The molecule has 3 nitrogen and oxygen atoms in total. The number of carbonyl (C=O) groups excluding carboxylic acids is 1. The molecule has 1 aromatic rings. The monoisotopic (exact) mass is 248 g/mol. The molecule has 1 rings (SSSR count). The number of hydrogen-bond acceptors (Lipinski definition) is 2. The third kappa shape index (κ3) is 4.49. The summed E-state index contributed by atoms with van der Waals surface area (Å²) >= 11 is 0. The molecule has 0 aliphatic carbocycles. The molecule has 0 aliphatic heterocycles. The highest BCUT2D eigenvalue weighted by atomic mass is 16.2. The molecule has 0 aliphatic rings. The van der Waals surface area contributed by atoms with Crippen molar-refractivity contribution < 1.29 is 4.79 Å². The Balaban J connectivity index is 2.33. The zero-order valence-electron chi connectivity index (χ0n) is 11.6. The second-order valence-corrected chi connectivity index (χ2v) is 5.00. The van der Waals surface area contributed by atoms with Crippen molar-refractivity contribution in [1.82, 2.24) is 4.90 Å². The number of benzene rings is 1. The van der Waals surface area contributed by atoms with Gasteiger partial charge >= 0.3 is 0 Å². The Bertz CT molecular complexity index is 362. The molecule has 0 radical (unpaired) electrons. The van der Waals surface area contributed by atoms with Crippen LogP contribution in [0.2, 0.25) is 0 Å². The molecular weight excluding hydrogens is 224 g/mol. The van der Waals surface area contributed by atoms with E-state index in [0.29, 0.717) is 0 Å². The Kier molecular flexibility index (Phi) is 5.86. The zero-order valence-corrected chi connectivity index (χ0v) is 11.6. The predicted molar refractivity (Wildman–Crippen MR) is 75.2 cm³/mol. The minimum Gasteiger partial charge on any atom is -0.345 e. The van der Waals surface area contributed by atoms with E-state index in [9.17, 15) is 4.79 Å². The van der Waals surface area contributed by atoms with Crippen molar-refractivity contribution in [2.75, 3.05) is 13.6 Å². The first-order chi connectivity index (χ1) is 8.52. The first-order valence-corrected chi connectivity index (χ1v) is 6.57. The fourth-order valence-corrected chi connectivity index (χ4v) is 1.85. The molecule has 100 valence electrons. The van der Waals surface area contributed by atoms with Crippen LogP contribution in [0.5, 0.6) is 0 Å². The number of hydrogen-bond donors (Lipinski definition) is 1. The Morgan fingerprint density at radius 2 is 1.89 bits per heavy atom. The van der Waals surface area contributed by atoms with Crippen molar-refractivity contribution in [2.45, 2.75) is 32.7 Å². The van der Waals surface area contributed by atoms with Gasteiger partial charge in [0.25, 0.3) is 0 Å². The van der Waals surface area contributed by atoms with Gasteiger partial charge in [0.1, 0.15) is 0 Å². The second-order valence-electron chi connectivity index (χ2n) is 5.00. The molecule has 3 heteroatoms. The average Bonchev–Trinajstić information content (AvgIpc) is 2.38. The molecular formula is C15H24N2O. The molecule has 1 aromatic carbocycles. The van der Waals surface area contributed by atoms with Gasteiger partial charge in [-0.25, -0.2) is 0 Å². The molecule has 1 amide bonds. The van der Waals surface area contributed by atoms with Crippen molar-refractivity contribution in [3.05, 3.63) is 35.9 Å². The second kappa shape index (κ2) is 7.17. The van der Waals surface area contributed by atoms with Gasteiger partial charge in [-0.3, -0.25) is 4.79 Å². The minimum atomic E-state index is -0.105. The number of amides is 1. The molecule has 0 aromatic heterocycles. The molecule has 0 heterocycles. The number of nitrogens with two attached hydrogens (primary N) is 1. The first-order valence-electron chi connectivity index (χ1n) is 6.57.